The summed E-state index contributed by atoms with van der Waals surface area (Å²) in [7, 11) is 1.33. The van der Waals surface area contributed by atoms with Gasteiger partial charge in [-0.3, -0.25) is 9.59 Å². The molecule has 0 spiro atoms. The number of ether oxygens (including phenoxy) is 1. The number of carbonyl (C=O) groups excluding carboxylic acids is 3. The minimum Gasteiger partial charge on any atom is -0.465 e. The number of fused-ring (bicyclic) bond motifs is 1. The summed E-state index contributed by atoms with van der Waals surface area (Å²) in [6, 6.07) is 7.99. The molecule has 2 amide bonds. The first-order valence-electron chi connectivity index (χ1n) is 9.67. The number of benzene rings is 1. The summed E-state index contributed by atoms with van der Waals surface area (Å²) in [4.78, 5) is 39.4. The molecule has 0 radical (unpaired) electrons. The molecule has 2 aromatic rings. The molecule has 1 aliphatic rings. The Labute approximate surface area is 174 Å². The van der Waals surface area contributed by atoms with E-state index in [0.717, 1.165) is 16.0 Å². The fourth-order valence-electron chi connectivity index (χ4n) is 3.45. The SMILES string of the molecule is COC(=O)c1c(NC(=O)Cc2ccc(C(C)C)cc2)sc2c1CCN(C(C)=O)C2. The third-order valence-corrected chi connectivity index (χ3v) is 6.29. The zero-order valence-electron chi connectivity index (χ0n) is 17.2. The molecule has 1 aliphatic heterocycles. The third-order valence-electron chi connectivity index (χ3n) is 5.16. The van der Waals surface area contributed by atoms with Gasteiger partial charge < -0.3 is 15.0 Å². The van der Waals surface area contributed by atoms with Crippen molar-refractivity contribution in [2.45, 2.75) is 46.1 Å². The maximum absolute atomic E-state index is 12.6. The van der Waals surface area contributed by atoms with Gasteiger partial charge in [-0.2, -0.15) is 0 Å². The number of esters is 1. The van der Waals surface area contributed by atoms with Crippen LogP contribution >= 0.6 is 11.3 Å². The fourth-order valence-corrected chi connectivity index (χ4v) is 4.72. The fraction of sp³-hybridized carbons (Fsp3) is 0.409. The van der Waals surface area contributed by atoms with Crippen LogP contribution in [0.5, 0.6) is 0 Å². The number of anilines is 1. The smallest absolute Gasteiger partial charge is 0.341 e. The Bertz CT molecular complexity index is 931. The van der Waals surface area contributed by atoms with E-state index in [2.05, 4.69) is 19.2 Å². The van der Waals surface area contributed by atoms with E-state index in [1.54, 1.807) is 4.90 Å². The Morgan fingerprint density at radius 1 is 1.21 bits per heavy atom. The maximum Gasteiger partial charge on any atom is 0.341 e. The Morgan fingerprint density at radius 3 is 2.48 bits per heavy atom. The first kappa shape index (κ1) is 21.0. The van der Waals surface area contributed by atoms with Crippen molar-refractivity contribution < 1.29 is 19.1 Å². The molecule has 0 aliphatic carbocycles. The van der Waals surface area contributed by atoms with Crippen molar-refractivity contribution >= 4 is 34.1 Å². The van der Waals surface area contributed by atoms with Gasteiger partial charge in [-0.05, 0) is 29.0 Å². The van der Waals surface area contributed by atoms with Gasteiger partial charge in [0, 0.05) is 18.3 Å². The van der Waals surface area contributed by atoms with Crippen LogP contribution in [0, 0.1) is 0 Å². The van der Waals surface area contributed by atoms with Crippen LogP contribution in [0.1, 0.15) is 58.6 Å². The molecular weight excluding hydrogens is 388 g/mol. The van der Waals surface area contributed by atoms with E-state index in [0.29, 0.717) is 36.0 Å². The number of nitrogens with one attached hydrogen (secondary N) is 1. The molecule has 3 rings (SSSR count). The lowest BCUT2D eigenvalue weighted by molar-refractivity contribution is -0.129. The van der Waals surface area contributed by atoms with Crippen molar-refractivity contribution in [2.24, 2.45) is 0 Å². The lowest BCUT2D eigenvalue weighted by Crippen LogP contribution is -2.33. The molecule has 0 fully saturated rings. The predicted molar refractivity (Wildman–Crippen MR) is 113 cm³/mol. The molecule has 1 aromatic carbocycles. The molecular formula is C22H26N2O4S. The minimum atomic E-state index is -0.463. The van der Waals surface area contributed by atoms with Gasteiger partial charge in [0.2, 0.25) is 11.8 Å². The van der Waals surface area contributed by atoms with E-state index in [4.69, 9.17) is 4.74 Å². The summed E-state index contributed by atoms with van der Waals surface area (Å²) >= 11 is 1.35. The van der Waals surface area contributed by atoms with Crippen LogP contribution < -0.4 is 5.32 Å². The lowest BCUT2D eigenvalue weighted by atomic mass is 10.0. The quantitative estimate of drug-likeness (QED) is 0.756. The van der Waals surface area contributed by atoms with Crippen molar-refractivity contribution in [1.29, 1.82) is 0 Å². The van der Waals surface area contributed by atoms with Crippen LogP contribution in [-0.2, 0) is 33.7 Å². The lowest BCUT2D eigenvalue weighted by Gasteiger charge is -2.25. The van der Waals surface area contributed by atoms with Crippen LogP contribution in [0.3, 0.4) is 0 Å². The Kier molecular flexibility index (Phi) is 6.37. The monoisotopic (exact) mass is 414 g/mol. The van der Waals surface area contributed by atoms with E-state index < -0.39 is 5.97 Å². The highest BCUT2D eigenvalue weighted by molar-refractivity contribution is 7.17. The summed E-state index contributed by atoms with van der Waals surface area (Å²) in [6.45, 7) is 6.79. The van der Waals surface area contributed by atoms with E-state index >= 15 is 0 Å². The van der Waals surface area contributed by atoms with Gasteiger partial charge in [0.1, 0.15) is 5.00 Å². The highest BCUT2D eigenvalue weighted by Gasteiger charge is 2.30. The first-order valence-corrected chi connectivity index (χ1v) is 10.5. The molecule has 2 heterocycles. The molecule has 0 saturated heterocycles. The predicted octanol–water partition coefficient (Wildman–Crippen LogP) is 3.74. The maximum atomic E-state index is 12.6. The van der Waals surface area contributed by atoms with Gasteiger partial charge >= 0.3 is 5.97 Å². The van der Waals surface area contributed by atoms with Crippen LogP contribution in [-0.4, -0.2) is 36.3 Å². The van der Waals surface area contributed by atoms with Gasteiger partial charge in [0.05, 0.1) is 25.6 Å². The normalized spacial score (nSPS) is 13.2. The molecule has 1 aromatic heterocycles. The number of rotatable bonds is 5. The summed E-state index contributed by atoms with van der Waals surface area (Å²) < 4.78 is 4.95. The van der Waals surface area contributed by atoms with E-state index in [1.807, 2.05) is 24.3 Å². The number of hydrogen-bond acceptors (Lipinski definition) is 5. The number of nitrogens with zero attached hydrogens (tertiary/aromatic N) is 1. The topological polar surface area (TPSA) is 75.7 Å². The van der Waals surface area contributed by atoms with E-state index in [1.165, 1.54) is 30.9 Å². The Hall–Kier alpha value is -2.67. The van der Waals surface area contributed by atoms with Gasteiger partial charge in [-0.15, -0.1) is 11.3 Å². The molecule has 0 atom stereocenters. The van der Waals surface area contributed by atoms with Crippen LogP contribution in [0.2, 0.25) is 0 Å². The van der Waals surface area contributed by atoms with Crippen molar-refractivity contribution in [3.63, 3.8) is 0 Å². The summed E-state index contributed by atoms with van der Waals surface area (Å²) in [5.74, 6) is -0.212. The van der Waals surface area contributed by atoms with E-state index in [9.17, 15) is 14.4 Å². The molecule has 29 heavy (non-hydrogen) atoms. The molecule has 7 heteroatoms. The molecule has 1 N–H and O–H groups in total. The third kappa shape index (κ3) is 4.67. The molecule has 6 nitrogen and oxygen atoms in total. The highest BCUT2D eigenvalue weighted by Crippen LogP contribution is 2.37. The van der Waals surface area contributed by atoms with Crippen molar-refractivity contribution in [3.8, 4) is 0 Å². The van der Waals surface area contributed by atoms with Crippen LogP contribution in [0.15, 0.2) is 24.3 Å². The number of hydrogen-bond donors (Lipinski definition) is 1. The summed E-state index contributed by atoms with van der Waals surface area (Å²) in [5.41, 5.74) is 3.42. The molecule has 0 unspecified atom stereocenters. The van der Waals surface area contributed by atoms with Gasteiger partial charge in [0.25, 0.3) is 0 Å². The molecule has 0 saturated carbocycles. The number of carbonyl (C=O) groups is 3. The molecule has 154 valence electrons. The average Bonchev–Trinajstić information content (AvgIpc) is 3.04. The van der Waals surface area contributed by atoms with Gasteiger partial charge in [-0.1, -0.05) is 38.1 Å². The van der Waals surface area contributed by atoms with E-state index in [-0.39, 0.29) is 18.2 Å². The van der Waals surface area contributed by atoms with Gasteiger partial charge in [0.15, 0.2) is 0 Å². The van der Waals surface area contributed by atoms with Gasteiger partial charge in [-0.25, -0.2) is 4.79 Å². The van der Waals surface area contributed by atoms with Crippen LogP contribution in [0.25, 0.3) is 0 Å². The van der Waals surface area contributed by atoms with Crippen molar-refractivity contribution in [1.82, 2.24) is 4.90 Å². The summed E-state index contributed by atoms with van der Waals surface area (Å²) in [5, 5.41) is 3.38. The number of thiophene rings is 1. The summed E-state index contributed by atoms with van der Waals surface area (Å²) in [6.07, 6.45) is 0.795. The van der Waals surface area contributed by atoms with Crippen molar-refractivity contribution in [2.75, 3.05) is 19.0 Å². The van der Waals surface area contributed by atoms with Crippen molar-refractivity contribution in [3.05, 3.63) is 51.4 Å². The average molecular weight is 415 g/mol. The molecule has 0 bridgehead atoms. The minimum absolute atomic E-state index is 0.000835. The number of methoxy groups -OCH3 is 1. The Balaban J connectivity index is 1.80. The second kappa shape index (κ2) is 8.78. The Morgan fingerprint density at radius 2 is 1.90 bits per heavy atom. The standard InChI is InChI=1S/C22H26N2O4S/c1-13(2)16-7-5-15(6-8-16)11-19(26)23-21-20(22(27)28-4)17-9-10-24(14(3)25)12-18(17)29-21/h5-8,13H,9-12H2,1-4H3,(H,23,26). The second-order valence-corrected chi connectivity index (χ2v) is 8.62. The largest absolute Gasteiger partial charge is 0.465 e. The van der Waals surface area contributed by atoms with Crippen LogP contribution in [0.4, 0.5) is 5.00 Å². The highest BCUT2D eigenvalue weighted by atomic mass is 32.1. The zero-order valence-corrected chi connectivity index (χ0v) is 18.0. The second-order valence-electron chi connectivity index (χ2n) is 7.51. The number of amides is 2. The zero-order chi connectivity index (χ0) is 21.1. The first-order chi connectivity index (χ1) is 13.8.